The fourth-order valence-corrected chi connectivity index (χ4v) is 4.52. The molecule has 2 saturated heterocycles. The van der Waals surface area contributed by atoms with E-state index < -0.39 is 5.60 Å². The molecule has 2 fully saturated rings. The van der Waals surface area contributed by atoms with Gasteiger partial charge < -0.3 is 9.64 Å². The molecule has 0 spiro atoms. The first kappa shape index (κ1) is 17.9. The quantitative estimate of drug-likeness (QED) is 0.775. The van der Waals surface area contributed by atoms with Crippen molar-refractivity contribution < 1.29 is 9.53 Å². The average Bonchev–Trinajstić information content (AvgIpc) is 2.70. The summed E-state index contributed by atoms with van der Waals surface area (Å²) < 4.78 is 5.55. The van der Waals surface area contributed by atoms with Crippen molar-refractivity contribution in [1.29, 1.82) is 0 Å². The van der Waals surface area contributed by atoms with Crippen LogP contribution in [-0.2, 0) is 4.74 Å². The molecule has 0 aromatic heterocycles. The number of hydrogen-bond acceptors (Lipinski definition) is 4. The zero-order valence-electron chi connectivity index (χ0n) is 14.7. The van der Waals surface area contributed by atoms with Gasteiger partial charge in [-0.15, -0.1) is 0 Å². The van der Waals surface area contributed by atoms with E-state index in [4.69, 9.17) is 4.74 Å². The van der Waals surface area contributed by atoms with Gasteiger partial charge in [0, 0.05) is 43.2 Å². The Morgan fingerprint density at radius 1 is 1.14 bits per heavy atom. The van der Waals surface area contributed by atoms with Crippen molar-refractivity contribution in [2.75, 3.05) is 37.7 Å². The third-order valence-electron chi connectivity index (χ3n) is 4.91. The fraction of sp³-hybridized carbons (Fsp3) is 0.941. The van der Waals surface area contributed by atoms with Crippen LogP contribution in [0.2, 0.25) is 0 Å². The monoisotopic (exact) mass is 328 g/mol. The van der Waals surface area contributed by atoms with Crippen LogP contribution >= 0.6 is 11.8 Å². The van der Waals surface area contributed by atoms with Crippen molar-refractivity contribution >= 4 is 17.9 Å². The Morgan fingerprint density at radius 2 is 1.82 bits per heavy atom. The third kappa shape index (κ3) is 4.54. The summed E-state index contributed by atoms with van der Waals surface area (Å²) in [4.78, 5) is 16.9. The van der Waals surface area contributed by atoms with E-state index in [1.54, 1.807) is 0 Å². The highest BCUT2D eigenvalue weighted by Gasteiger charge is 2.38. The first-order valence-corrected chi connectivity index (χ1v) is 9.82. The Bertz CT molecular complexity index is 377. The van der Waals surface area contributed by atoms with Crippen LogP contribution in [0.1, 0.15) is 53.4 Å². The zero-order valence-corrected chi connectivity index (χ0v) is 15.5. The van der Waals surface area contributed by atoms with E-state index in [9.17, 15) is 4.79 Å². The van der Waals surface area contributed by atoms with Crippen LogP contribution in [0.4, 0.5) is 4.79 Å². The van der Waals surface area contributed by atoms with Crippen molar-refractivity contribution in [2.24, 2.45) is 0 Å². The van der Waals surface area contributed by atoms with E-state index in [-0.39, 0.29) is 11.6 Å². The van der Waals surface area contributed by atoms with Gasteiger partial charge in [-0.25, -0.2) is 4.79 Å². The number of ether oxygens (including phenoxy) is 1. The van der Waals surface area contributed by atoms with Gasteiger partial charge in [-0.3, -0.25) is 4.90 Å². The second-order valence-corrected chi connectivity index (χ2v) is 8.72. The topological polar surface area (TPSA) is 32.8 Å². The molecular formula is C17H32N2O2S. The minimum Gasteiger partial charge on any atom is -0.444 e. The third-order valence-corrected chi connectivity index (χ3v) is 5.85. The molecule has 1 unspecified atom stereocenters. The summed E-state index contributed by atoms with van der Waals surface area (Å²) in [5, 5.41) is 0. The molecule has 2 heterocycles. The number of rotatable bonds is 2. The van der Waals surface area contributed by atoms with Crippen molar-refractivity contribution in [3.8, 4) is 0 Å². The molecule has 4 nitrogen and oxygen atoms in total. The number of amides is 1. The molecule has 1 amide bonds. The number of nitrogens with zero attached hydrogens (tertiary/aromatic N) is 2. The van der Waals surface area contributed by atoms with Crippen molar-refractivity contribution in [3.63, 3.8) is 0 Å². The second-order valence-electron chi connectivity index (χ2n) is 7.50. The van der Waals surface area contributed by atoms with Gasteiger partial charge in [-0.1, -0.05) is 6.92 Å². The van der Waals surface area contributed by atoms with E-state index in [1.165, 1.54) is 37.4 Å². The van der Waals surface area contributed by atoms with E-state index in [0.717, 1.165) is 25.9 Å². The van der Waals surface area contributed by atoms with Gasteiger partial charge in [0.2, 0.25) is 0 Å². The van der Waals surface area contributed by atoms with E-state index in [1.807, 2.05) is 25.7 Å². The predicted molar refractivity (Wildman–Crippen MR) is 93.6 cm³/mol. The fourth-order valence-electron chi connectivity index (χ4n) is 3.62. The molecular weight excluding hydrogens is 296 g/mol. The highest BCUT2D eigenvalue weighted by Crippen LogP contribution is 2.34. The number of carbonyl (C=O) groups is 1. The molecule has 22 heavy (non-hydrogen) atoms. The van der Waals surface area contributed by atoms with Gasteiger partial charge in [0.25, 0.3) is 0 Å². The van der Waals surface area contributed by atoms with Crippen molar-refractivity contribution in [3.05, 3.63) is 0 Å². The molecule has 2 rings (SSSR count). The molecule has 2 aliphatic heterocycles. The number of thioether (sulfide) groups is 1. The highest BCUT2D eigenvalue weighted by atomic mass is 32.2. The van der Waals surface area contributed by atoms with Crippen LogP contribution in [0.15, 0.2) is 0 Å². The summed E-state index contributed by atoms with van der Waals surface area (Å²) in [5.74, 6) is 2.50. The lowest BCUT2D eigenvalue weighted by atomic mass is 9.85. The van der Waals surface area contributed by atoms with Gasteiger partial charge in [-0.2, -0.15) is 11.8 Å². The SMILES string of the molecule is CCC1(N2CCSCC2)CCCN(C(=O)OC(C)(C)C)CC1. The molecule has 0 aromatic carbocycles. The maximum atomic E-state index is 12.3. The summed E-state index contributed by atoms with van der Waals surface area (Å²) in [5.41, 5.74) is -0.118. The summed E-state index contributed by atoms with van der Waals surface area (Å²) in [6.45, 7) is 12.2. The predicted octanol–water partition coefficient (Wildman–Crippen LogP) is 3.61. The molecule has 0 aliphatic carbocycles. The lowest BCUT2D eigenvalue weighted by Crippen LogP contribution is -2.52. The normalized spacial score (nSPS) is 28.3. The molecule has 0 aromatic rings. The van der Waals surface area contributed by atoms with Crippen molar-refractivity contribution in [2.45, 2.75) is 64.5 Å². The first-order valence-electron chi connectivity index (χ1n) is 8.67. The number of carbonyl (C=O) groups excluding carboxylic acids is 1. The Morgan fingerprint density at radius 3 is 2.41 bits per heavy atom. The molecule has 0 radical (unpaired) electrons. The molecule has 0 saturated carbocycles. The van der Waals surface area contributed by atoms with Gasteiger partial charge in [0.1, 0.15) is 5.60 Å². The Balaban J connectivity index is 1.99. The molecule has 0 bridgehead atoms. The van der Waals surface area contributed by atoms with Crippen LogP contribution in [0.25, 0.3) is 0 Å². The van der Waals surface area contributed by atoms with E-state index in [0.29, 0.717) is 0 Å². The summed E-state index contributed by atoms with van der Waals surface area (Å²) >= 11 is 2.06. The van der Waals surface area contributed by atoms with Crippen LogP contribution in [0, 0.1) is 0 Å². The highest BCUT2D eigenvalue weighted by molar-refractivity contribution is 7.99. The summed E-state index contributed by atoms with van der Waals surface area (Å²) in [7, 11) is 0. The summed E-state index contributed by atoms with van der Waals surface area (Å²) in [6, 6.07) is 0. The standard InChI is InChI=1S/C17H32N2O2S/c1-5-17(19-11-13-22-14-12-19)7-6-9-18(10-8-17)15(20)21-16(2,3)4/h5-14H2,1-4H3. The smallest absolute Gasteiger partial charge is 0.410 e. The van der Waals surface area contributed by atoms with E-state index in [2.05, 4.69) is 23.6 Å². The maximum Gasteiger partial charge on any atom is 0.410 e. The zero-order chi connectivity index (χ0) is 16.2. The minimum atomic E-state index is -0.407. The molecule has 1 atom stereocenters. The number of likely N-dealkylation sites (tertiary alicyclic amines) is 1. The van der Waals surface area contributed by atoms with Crippen LogP contribution in [0.3, 0.4) is 0 Å². The van der Waals surface area contributed by atoms with Crippen LogP contribution in [-0.4, -0.2) is 64.7 Å². The largest absolute Gasteiger partial charge is 0.444 e. The molecule has 2 aliphatic rings. The average molecular weight is 329 g/mol. The lowest BCUT2D eigenvalue weighted by molar-refractivity contribution is 0.0237. The Labute approximate surface area is 139 Å². The maximum absolute atomic E-state index is 12.3. The Hall–Kier alpha value is -0.420. The summed E-state index contributed by atoms with van der Waals surface area (Å²) in [6.07, 6.45) is 4.39. The van der Waals surface area contributed by atoms with Gasteiger partial charge in [-0.05, 0) is 46.5 Å². The molecule has 0 N–H and O–H groups in total. The van der Waals surface area contributed by atoms with E-state index >= 15 is 0 Å². The molecule has 128 valence electrons. The van der Waals surface area contributed by atoms with Gasteiger partial charge in [0.15, 0.2) is 0 Å². The first-order chi connectivity index (χ1) is 10.4. The minimum absolute atomic E-state index is 0.145. The van der Waals surface area contributed by atoms with Gasteiger partial charge >= 0.3 is 6.09 Å². The Kier molecular flexibility index (Phi) is 6.06. The van der Waals surface area contributed by atoms with Crippen molar-refractivity contribution in [1.82, 2.24) is 9.80 Å². The van der Waals surface area contributed by atoms with Crippen LogP contribution < -0.4 is 0 Å². The lowest BCUT2D eigenvalue weighted by Gasteiger charge is -2.45. The second kappa shape index (κ2) is 7.43. The van der Waals surface area contributed by atoms with Gasteiger partial charge in [0.05, 0.1) is 0 Å². The molecule has 5 heteroatoms. The number of hydrogen-bond donors (Lipinski definition) is 0. The van der Waals surface area contributed by atoms with Crippen LogP contribution in [0.5, 0.6) is 0 Å².